The van der Waals surface area contributed by atoms with Crippen molar-refractivity contribution in [3.63, 3.8) is 0 Å². The number of ether oxygens (including phenoxy) is 1. The van der Waals surface area contributed by atoms with E-state index in [1.54, 1.807) is 31.2 Å². The van der Waals surface area contributed by atoms with Crippen molar-refractivity contribution >= 4 is 29.3 Å². The van der Waals surface area contributed by atoms with E-state index >= 15 is 0 Å². The Kier molecular flexibility index (Phi) is 7.70. The van der Waals surface area contributed by atoms with E-state index in [1.807, 2.05) is 0 Å². The van der Waals surface area contributed by atoms with E-state index in [2.05, 4.69) is 10.1 Å². The molecule has 0 bridgehead atoms. The molecule has 0 saturated heterocycles. The Morgan fingerprint density at radius 3 is 2.55 bits per heavy atom. The van der Waals surface area contributed by atoms with Crippen LogP contribution in [0.1, 0.15) is 13.3 Å². The number of rotatable bonds is 7. The van der Waals surface area contributed by atoms with Gasteiger partial charge in [-0.3, -0.25) is 4.79 Å². The van der Waals surface area contributed by atoms with Crippen LogP contribution >= 0.6 is 11.6 Å². The van der Waals surface area contributed by atoms with Gasteiger partial charge in [0.15, 0.2) is 0 Å². The Balaban J connectivity index is 2.70. The first-order valence-electron chi connectivity index (χ1n) is 6.98. The van der Waals surface area contributed by atoms with Gasteiger partial charge in [-0.1, -0.05) is 18.5 Å². The molecule has 0 aliphatic carbocycles. The van der Waals surface area contributed by atoms with Gasteiger partial charge in [0.25, 0.3) is 0 Å². The van der Waals surface area contributed by atoms with Gasteiger partial charge in [0.05, 0.1) is 13.0 Å². The number of anilines is 1. The monoisotopic (exact) mass is 328 g/mol. The van der Waals surface area contributed by atoms with Crippen LogP contribution < -0.4 is 5.32 Å². The Labute approximate surface area is 135 Å². The molecule has 22 heavy (non-hydrogen) atoms. The first-order chi connectivity index (χ1) is 10.5. The summed E-state index contributed by atoms with van der Waals surface area (Å²) in [6.07, 6.45) is 0.432. The van der Waals surface area contributed by atoms with Crippen LogP contribution in [0.5, 0.6) is 0 Å². The lowest BCUT2D eigenvalue weighted by molar-refractivity contribution is -0.145. The normalized spacial score (nSPS) is 11.6. The van der Waals surface area contributed by atoms with E-state index in [-0.39, 0.29) is 25.2 Å². The molecule has 1 atom stereocenters. The molecule has 0 spiro atoms. The zero-order valence-electron chi connectivity index (χ0n) is 12.7. The van der Waals surface area contributed by atoms with E-state index in [1.165, 1.54) is 12.0 Å². The summed E-state index contributed by atoms with van der Waals surface area (Å²) in [5, 5.41) is 12.3. The lowest BCUT2D eigenvalue weighted by atomic mass is 10.1. The average Bonchev–Trinajstić information content (AvgIpc) is 2.52. The molecule has 0 aromatic heterocycles. The number of amides is 2. The molecule has 1 aromatic carbocycles. The predicted molar refractivity (Wildman–Crippen MR) is 84.9 cm³/mol. The summed E-state index contributed by atoms with van der Waals surface area (Å²) in [7, 11) is 1.31. The number of aliphatic hydroxyl groups is 1. The maximum atomic E-state index is 12.3. The zero-order chi connectivity index (χ0) is 16.5. The first kappa shape index (κ1) is 18.3. The largest absolute Gasteiger partial charge is 0.469 e. The molecule has 0 radical (unpaired) electrons. The zero-order valence-corrected chi connectivity index (χ0v) is 13.5. The van der Waals surface area contributed by atoms with Crippen LogP contribution in [0.2, 0.25) is 5.02 Å². The summed E-state index contributed by atoms with van der Waals surface area (Å²) in [6.45, 7) is 2.22. The summed E-state index contributed by atoms with van der Waals surface area (Å²) in [5.74, 6) is -0.826. The van der Waals surface area contributed by atoms with Crippen LogP contribution in [0, 0.1) is 5.92 Å². The highest BCUT2D eigenvalue weighted by molar-refractivity contribution is 6.30. The first-order valence-corrected chi connectivity index (χ1v) is 7.36. The second-order valence-electron chi connectivity index (χ2n) is 4.88. The van der Waals surface area contributed by atoms with Crippen LogP contribution in [0.3, 0.4) is 0 Å². The minimum absolute atomic E-state index is 0.0304. The number of nitrogens with zero attached hydrogens (tertiary/aromatic N) is 1. The number of hydrogen-bond donors (Lipinski definition) is 2. The predicted octanol–water partition coefficient (Wildman–Crippen LogP) is 2.37. The summed E-state index contributed by atoms with van der Waals surface area (Å²) in [4.78, 5) is 25.3. The summed E-state index contributed by atoms with van der Waals surface area (Å²) >= 11 is 5.80. The van der Waals surface area contributed by atoms with Gasteiger partial charge in [0, 0.05) is 30.4 Å². The molecule has 0 aliphatic heterocycles. The Morgan fingerprint density at radius 1 is 1.36 bits per heavy atom. The van der Waals surface area contributed by atoms with Gasteiger partial charge >= 0.3 is 12.0 Å². The summed E-state index contributed by atoms with van der Waals surface area (Å²) < 4.78 is 4.67. The third kappa shape index (κ3) is 5.91. The quantitative estimate of drug-likeness (QED) is 0.753. The number of carbonyl (C=O) groups is 2. The average molecular weight is 329 g/mol. The molecule has 1 aromatic rings. The minimum Gasteiger partial charge on any atom is -0.469 e. The second-order valence-corrected chi connectivity index (χ2v) is 5.32. The minimum atomic E-state index is -0.445. The van der Waals surface area contributed by atoms with Crippen LogP contribution in [-0.2, 0) is 9.53 Å². The van der Waals surface area contributed by atoms with Gasteiger partial charge in [-0.25, -0.2) is 4.79 Å². The molecule has 2 amide bonds. The molecular formula is C15H21ClN2O4. The number of benzene rings is 1. The Bertz CT molecular complexity index is 493. The van der Waals surface area contributed by atoms with Gasteiger partial charge in [0.2, 0.25) is 0 Å². The van der Waals surface area contributed by atoms with Gasteiger partial charge in [-0.05, 0) is 30.7 Å². The van der Waals surface area contributed by atoms with Crippen LogP contribution in [-0.4, -0.2) is 48.8 Å². The highest BCUT2D eigenvalue weighted by Crippen LogP contribution is 2.14. The van der Waals surface area contributed by atoms with E-state index in [0.29, 0.717) is 23.7 Å². The van der Waals surface area contributed by atoms with E-state index < -0.39 is 5.92 Å². The maximum absolute atomic E-state index is 12.3. The molecule has 0 saturated carbocycles. The van der Waals surface area contributed by atoms with Crippen molar-refractivity contribution in [1.29, 1.82) is 0 Å². The fourth-order valence-electron chi connectivity index (χ4n) is 1.88. The number of aliphatic hydroxyl groups excluding tert-OH is 1. The molecule has 1 unspecified atom stereocenters. The van der Waals surface area contributed by atoms with E-state index in [9.17, 15) is 9.59 Å². The Hall–Kier alpha value is -1.79. The van der Waals surface area contributed by atoms with Gasteiger partial charge in [0.1, 0.15) is 0 Å². The van der Waals surface area contributed by atoms with E-state index in [4.69, 9.17) is 16.7 Å². The third-order valence-corrected chi connectivity index (χ3v) is 3.32. The van der Waals surface area contributed by atoms with Crippen molar-refractivity contribution in [3.05, 3.63) is 29.3 Å². The molecule has 0 fully saturated rings. The highest BCUT2D eigenvalue weighted by atomic mass is 35.5. The standard InChI is InChI=1S/C15H21ClN2O4/c1-11(14(20)22-2)10-18(8-3-9-19)15(21)17-13-6-4-12(16)5-7-13/h4-7,11,19H,3,8-10H2,1-2H3,(H,17,21). The van der Waals surface area contributed by atoms with Crippen molar-refractivity contribution in [3.8, 4) is 0 Å². The van der Waals surface area contributed by atoms with E-state index in [0.717, 1.165) is 0 Å². The van der Waals surface area contributed by atoms with Crippen molar-refractivity contribution in [2.75, 3.05) is 32.1 Å². The van der Waals surface area contributed by atoms with Crippen molar-refractivity contribution < 1.29 is 19.4 Å². The molecule has 2 N–H and O–H groups in total. The number of urea groups is 1. The molecule has 7 heteroatoms. The molecule has 0 aliphatic rings. The molecule has 0 heterocycles. The van der Waals surface area contributed by atoms with Gasteiger partial charge in [-0.15, -0.1) is 0 Å². The summed E-state index contributed by atoms with van der Waals surface area (Å²) in [5.41, 5.74) is 0.606. The van der Waals surface area contributed by atoms with Crippen molar-refractivity contribution in [2.24, 2.45) is 5.92 Å². The number of halogens is 1. The molecular weight excluding hydrogens is 308 g/mol. The number of methoxy groups -OCH3 is 1. The van der Waals surface area contributed by atoms with Crippen molar-refractivity contribution in [2.45, 2.75) is 13.3 Å². The van der Waals surface area contributed by atoms with Crippen LogP contribution in [0.4, 0.5) is 10.5 Å². The molecule has 6 nitrogen and oxygen atoms in total. The fourth-order valence-corrected chi connectivity index (χ4v) is 2.01. The molecule has 1 rings (SSSR count). The van der Waals surface area contributed by atoms with Gasteiger partial charge < -0.3 is 20.1 Å². The number of esters is 1. The fraction of sp³-hybridized carbons (Fsp3) is 0.467. The second kappa shape index (κ2) is 9.27. The topological polar surface area (TPSA) is 78.9 Å². The number of hydrogen-bond acceptors (Lipinski definition) is 4. The number of nitrogens with one attached hydrogen (secondary N) is 1. The highest BCUT2D eigenvalue weighted by Gasteiger charge is 2.21. The Morgan fingerprint density at radius 2 is 2.00 bits per heavy atom. The third-order valence-electron chi connectivity index (χ3n) is 3.07. The maximum Gasteiger partial charge on any atom is 0.321 e. The smallest absolute Gasteiger partial charge is 0.321 e. The lowest BCUT2D eigenvalue weighted by Gasteiger charge is -2.25. The SMILES string of the molecule is COC(=O)C(C)CN(CCCO)C(=O)Nc1ccc(Cl)cc1. The van der Waals surface area contributed by atoms with Gasteiger partial charge in [-0.2, -0.15) is 0 Å². The van der Waals surface area contributed by atoms with Crippen LogP contribution in [0.15, 0.2) is 24.3 Å². The lowest BCUT2D eigenvalue weighted by Crippen LogP contribution is -2.40. The number of carbonyl (C=O) groups excluding carboxylic acids is 2. The van der Waals surface area contributed by atoms with Crippen molar-refractivity contribution in [1.82, 2.24) is 4.90 Å². The van der Waals surface area contributed by atoms with Crippen LogP contribution in [0.25, 0.3) is 0 Å². The summed E-state index contributed by atoms with van der Waals surface area (Å²) in [6, 6.07) is 6.38. The molecule has 122 valence electrons.